The third kappa shape index (κ3) is 5.70. The maximum atomic E-state index is 11.8. The highest BCUT2D eigenvalue weighted by Gasteiger charge is 2.12. The van der Waals surface area contributed by atoms with Crippen LogP contribution in [0, 0.1) is 0 Å². The van der Waals surface area contributed by atoms with Crippen LogP contribution in [0.3, 0.4) is 0 Å². The molecule has 0 atom stereocenters. The summed E-state index contributed by atoms with van der Waals surface area (Å²) in [5.74, 6) is -0.0728. The van der Waals surface area contributed by atoms with E-state index in [0.29, 0.717) is 6.42 Å². The van der Waals surface area contributed by atoms with Crippen LogP contribution in [-0.2, 0) is 16.6 Å². The van der Waals surface area contributed by atoms with Gasteiger partial charge in [0.15, 0.2) is 0 Å². The second-order valence-corrected chi connectivity index (χ2v) is 6.65. The first-order valence-corrected chi connectivity index (χ1v) is 7.91. The van der Waals surface area contributed by atoms with Crippen molar-refractivity contribution in [1.29, 1.82) is 0 Å². The molecule has 2 rings (SSSR count). The monoisotopic (exact) mass is 308 g/mol. The fraction of sp³-hybridized carbons (Fsp3) is 0.300. The third-order valence-corrected chi connectivity index (χ3v) is 3.66. The summed E-state index contributed by atoms with van der Waals surface area (Å²) in [7, 11) is 0. The van der Waals surface area contributed by atoms with Gasteiger partial charge < -0.3 is 0 Å². The summed E-state index contributed by atoms with van der Waals surface area (Å²) in [5.41, 5.74) is 6.13. The van der Waals surface area contributed by atoms with Crippen LogP contribution in [0.4, 0.5) is 0 Å². The van der Waals surface area contributed by atoms with Gasteiger partial charge in [0.1, 0.15) is 0 Å². The fourth-order valence-corrected chi connectivity index (χ4v) is 2.21. The number of nitrogens with zero attached hydrogens (tertiary/aromatic N) is 1. The van der Waals surface area contributed by atoms with Crippen molar-refractivity contribution < 1.29 is 4.79 Å². The molecule has 3 heteroatoms. The number of nitrogens with one attached hydrogen (secondary N) is 1. The smallest absolute Gasteiger partial charge is 0.240 e. The molecule has 0 spiro atoms. The van der Waals surface area contributed by atoms with Crippen LogP contribution in [0.5, 0.6) is 0 Å². The van der Waals surface area contributed by atoms with Crippen molar-refractivity contribution in [1.82, 2.24) is 5.43 Å². The van der Waals surface area contributed by atoms with E-state index in [2.05, 4.69) is 43.4 Å². The van der Waals surface area contributed by atoms with Crippen molar-refractivity contribution in [3.05, 3.63) is 71.3 Å². The second-order valence-electron chi connectivity index (χ2n) is 6.65. The van der Waals surface area contributed by atoms with Crippen LogP contribution < -0.4 is 5.43 Å². The summed E-state index contributed by atoms with van der Waals surface area (Å²) in [5, 5.41) is 4.02. The Bertz CT molecular complexity index is 652. The molecule has 0 aliphatic rings. The fourth-order valence-electron chi connectivity index (χ4n) is 2.21. The van der Waals surface area contributed by atoms with Crippen molar-refractivity contribution in [3.63, 3.8) is 0 Å². The van der Waals surface area contributed by atoms with Crippen molar-refractivity contribution in [2.45, 2.75) is 39.0 Å². The SMILES string of the molecule is CC(C)(C)c1ccc(/C=N/NC(=O)CCc2ccccc2)cc1. The van der Waals surface area contributed by atoms with Gasteiger partial charge in [-0.25, -0.2) is 5.43 Å². The number of hydrazone groups is 1. The predicted molar refractivity (Wildman–Crippen MR) is 95.6 cm³/mol. The van der Waals surface area contributed by atoms with Crippen molar-refractivity contribution >= 4 is 12.1 Å². The van der Waals surface area contributed by atoms with Gasteiger partial charge >= 0.3 is 0 Å². The number of benzene rings is 2. The average Bonchev–Trinajstić information content (AvgIpc) is 2.53. The highest BCUT2D eigenvalue weighted by molar-refractivity contribution is 5.82. The molecule has 2 aromatic rings. The summed E-state index contributed by atoms with van der Waals surface area (Å²) in [6.07, 6.45) is 2.83. The number of hydrogen-bond donors (Lipinski definition) is 1. The summed E-state index contributed by atoms with van der Waals surface area (Å²) in [6.45, 7) is 6.55. The quantitative estimate of drug-likeness (QED) is 0.656. The van der Waals surface area contributed by atoms with Crippen molar-refractivity contribution in [2.75, 3.05) is 0 Å². The Morgan fingerprint density at radius 3 is 2.30 bits per heavy atom. The predicted octanol–water partition coefficient (Wildman–Crippen LogP) is 4.07. The highest BCUT2D eigenvalue weighted by Crippen LogP contribution is 2.21. The highest BCUT2D eigenvalue weighted by atomic mass is 16.2. The first kappa shape index (κ1) is 16.9. The summed E-state index contributed by atoms with van der Waals surface area (Å²) >= 11 is 0. The second kappa shape index (κ2) is 7.73. The van der Waals surface area contributed by atoms with Crippen LogP contribution in [0.2, 0.25) is 0 Å². The van der Waals surface area contributed by atoms with Crippen molar-refractivity contribution in [3.8, 4) is 0 Å². The topological polar surface area (TPSA) is 41.5 Å². The number of rotatable bonds is 5. The molecule has 23 heavy (non-hydrogen) atoms. The lowest BCUT2D eigenvalue weighted by atomic mass is 9.87. The molecule has 0 radical (unpaired) electrons. The van der Waals surface area contributed by atoms with Gasteiger partial charge in [0, 0.05) is 6.42 Å². The Morgan fingerprint density at radius 2 is 1.70 bits per heavy atom. The molecule has 0 aliphatic heterocycles. The van der Waals surface area contributed by atoms with Gasteiger partial charge in [0.2, 0.25) is 5.91 Å². The van der Waals surface area contributed by atoms with Crippen LogP contribution in [0.1, 0.15) is 43.9 Å². The van der Waals surface area contributed by atoms with Gasteiger partial charge in [-0.2, -0.15) is 5.10 Å². The van der Waals surface area contributed by atoms with Gasteiger partial charge in [0.25, 0.3) is 0 Å². The maximum Gasteiger partial charge on any atom is 0.240 e. The number of hydrogen-bond acceptors (Lipinski definition) is 2. The van der Waals surface area contributed by atoms with E-state index in [-0.39, 0.29) is 11.3 Å². The van der Waals surface area contributed by atoms with Crippen LogP contribution in [0.15, 0.2) is 59.7 Å². The molecular weight excluding hydrogens is 284 g/mol. The van der Waals surface area contributed by atoms with E-state index in [0.717, 1.165) is 17.5 Å². The Morgan fingerprint density at radius 1 is 1.04 bits per heavy atom. The molecular formula is C20H24N2O. The van der Waals surface area contributed by atoms with E-state index in [9.17, 15) is 4.79 Å². The Kier molecular flexibility index (Phi) is 5.69. The van der Waals surface area contributed by atoms with Crippen LogP contribution >= 0.6 is 0 Å². The van der Waals surface area contributed by atoms with E-state index < -0.39 is 0 Å². The molecule has 0 aliphatic carbocycles. The molecule has 0 unspecified atom stereocenters. The first-order chi connectivity index (χ1) is 10.9. The molecule has 1 amide bonds. The maximum absolute atomic E-state index is 11.8. The lowest BCUT2D eigenvalue weighted by molar-refractivity contribution is -0.121. The summed E-state index contributed by atoms with van der Waals surface area (Å²) in [6, 6.07) is 18.2. The lowest BCUT2D eigenvalue weighted by Crippen LogP contribution is -2.17. The van der Waals surface area contributed by atoms with Gasteiger partial charge in [0.05, 0.1) is 6.21 Å². The number of aryl methyl sites for hydroxylation is 1. The largest absolute Gasteiger partial charge is 0.273 e. The molecule has 0 saturated heterocycles. The summed E-state index contributed by atoms with van der Waals surface area (Å²) < 4.78 is 0. The van der Waals surface area contributed by atoms with Gasteiger partial charge in [-0.05, 0) is 28.5 Å². The van der Waals surface area contributed by atoms with E-state index in [1.54, 1.807) is 6.21 Å². The minimum Gasteiger partial charge on any atom is -0.273 e. The van der Waals surface area contributed by atoms with Crippen LogP contribution in [0.25, 0.3) is 0 Å². The first-order valence-electron chi connectivity index (χ1n) is 7.91. The molecule has 1 N–H and O–H groups in total. The molecule has 0 fully saturated rings. The Labute approximate surface area is 138 Å². The number of carbonyl (C=O) groups is 1. The van der Waals surface area contributed by atoms with E-state index >= 15 is 0 Å². The minimum absolute atomic E-state index is 0.0728. The van der Waals surface area contributed by atoms with E-state index in [1.165, 1.54) is 5.56 Å². The Hall–Kier alpha value is -2.42. The van der Waals surface area contributed by atoms with Gasteiger partial charge in [-0.1, -0.05) is 75.4 Å². The zero-order valence-corrected chi connectivity index (χ0v) is 14.0. The van der Waals surface area contributed by atoms with E-state index in [4.69, 9.17) is 0 Å². The molecule has 0 saturated carbocycles. The molecule has 0 heterocycles. The van der Waals surface area contributed by atoms with Crippen molar-refractivity contribution in [2.24, 2.45) is 5.10 Å². The molecule has 0 bridgehead atoms. The number of carbonyl (C=O) groups excluding carboxylic acids is 1. The normalized spacial score (nSPS) is 11.6. The molecule has 2 aromatic carbocycles. The zero-order valence-electron chi connectivity index (χ0n) is 14.0. The third-order valence-electron chi connectivity index (χ3n) is 3.66. The zero-order chi connectivity index (χ0) is 16.7. The average molecular weight is 308 g/mol. The minimum atomic E-state index is -0.0728. The van der Waals surface area contributed by atoms with Crippen LogP contribution in [-0.4, -0.2) is 12.1 Å². The molecule has 120 valence electrons. The molecule has 0 aromatic heterocycles. The van der Waals surface area contributed by atoms with Gasteiger partial charge in [-0.3, -0.25) is 4.79 Å². The summed E-state index contributed by atoms with van der Waals surface area (Å²) in [4.78, 5) is 11.8. The van der Waals surface area contributed by atoms with E-state index in [1.807, 2.05) is 42.5 Å². The Balaban J connectivity index is 1.80. The molecule has 3 nitrogen and oxygen atoms in total. The number of amides is 1. The lowest BCUT2D eigenvalue weighted by Gasteiger charge is -2.18. The standard InChI is InChI=1S/C20H24N2O/c1-20(2,3)18-12-9-17(10-13-18)15-21-22-19(23)14-11-16-7-5-4-6-8-16/h4-10,12-13,15H,11,14H2,1-3H3,(H,22,23)/b21-15+. The van der Waals surface area contributed by atoms with Gasteiger partial charge in [-0.15, -0.1) is 0 Å².